The zero-order valence-electron chi connectivity index (χ0n) is 22.2. The fraction of sp³-hybridized carbons (Fsp3) is 0.462. The molecule has 0 aliphatic carbocycles. The van der Waals surface area contributed by atoms with Crippen LogP contribution in [0.2, 0.25) is 0 Å². The number of alkyl halides is 2. The maximum absolute atomic E-state index is 15.1. The van der Waals surface area contributed by atoms with Gasteiger partial charge in [-0.2, -0.15) is 8.78 Å². The Bertz CT molecular complexity index is 1240. The number of aromatic nitrogens is 2. The summed E-state index contributed by atoms with van der Waals surface area (Å²) >= 11 is 1.31. The van der Waals surface area contributed by atoms with Crippen molar-refractivity contribution in [2.24, 2.45) is 5.92 Å². The van der Waals surface area contributed by atoms with Gasteiger partial charge in [0.2, 0.25) is 5.95 Å². The van der Waals surface area contributed by atoms with Crippen molar-refractivity contribution in [3.05, 3.63) is 58.5 Å². The fourth-order valence-corrected chi connectivity index (χ4v) is 5.22. The van der Waals surface area contributed by atoms with Crippen molar-refractivity contribution in [1.29, 1.82) is 0 Å². The molecule has 0 saturated carbocycles. The van der Waals surface area contributed by atoms with Crippen molar-refractivity contribution in [1.82, 2.24) is 15.3 Å². The lowest BCUT2D eigenvalue weighted by molar-refractivity contribution is 0.244. The van der Waals surface area contributed by atoms with Crippen molar-refractivity contribution in [3.63, 3.8) is 0 Å². The summed E-state index contributed by atoms with van der Waals surface area (Å²) in [6.45, 7) is 12.8. The van der Waals surface area contributed by atoms with E-state index in [9.17, 15) is 17.4 Å². The third kappa shape index (κ3) is 8.18. The Hall–Kier alpha value is -2.64. The van der Waals surface area contributed by atoms with Gasteiger partial charge in [0.1, 0.15) is 17.2 Å². The summed E-state index contributed by atoms with van der Waals surface area (Å²) in [6, 6.07) is 2.79. The minimum atomic E-state index is -3.32. The molecule has 0 amide bonds. The van der Waals surface area contributed by atoms with Crippen LogP contribution in [0.4, 0.5) is 29.2 Å². The van der Waals surface area contributed by atoms with Gasteiger partial charge in [-0.3, -0.25) is 4.72 Å². The Morgan fingerprint density at radius 1 is 1.38 bits per heavy atom. The number of piperidine rings is 1. The van der Waals surface area contributed by atoms with E-state index < -0.39 is 34.1 Å². The lowest BCUT2D eigenvalue weighted by Gasteiger charge is -2.24. The Morgan fingerprint density at radius 2 is 2.13 bits per heavy atom. The molecule has 3 atom stereocenters. The molecule has 3 unspecified atom stereocenters. The normalized spacial score (nSPS) is 17.8. The zero-order valence-corrected chi connectivity index (χ0v) is 23.9. The quantitative estimate of drug-likeness (QED) is 0.191. The number of hydrogen-bond donors (Lipinski definition) is 3. The summed E-state index contributed by atoms with van der Waals surface area (Å²) < 4.78 is 74.6. The minimum absolute atomic E-state index is 0.138. The van der Waals surface area contributed by atoms with Gasteiger partial charge in [0.15, 0.2) is 22.6 Å². The Balaban J connectivity index is 2.06. The number of thioether (sulfide) groups is 1. The van der Waals surface area contributed by atoms with Crippen molar-refractivity contribution < 1.29 is 26.5 Å². The van der Waals surface area contributed by atoms with E-state index in [1.165, 1.54) is 18.7 Å². The number of anilines is 2. The predicted octanol–water partition coefficient (Wildman–Crippen LogP) is 6.59. The number of nitrogens with zero attached hydrogens (tertiary/aromatic N) is 2. The second-order valence-electron chi connectivity index (χ2n) is 9.19. The first-order valence-electron chi connectivity index (χ1n) is 12.5. The van der Waals surface area contributed by atoms with E-state index in [1.54, 1.807) is 17.0 Å². The number of ether oxygens (including phenoxy) is 1. The van der Waals surface area contributed by atoms with Crippen LogP contribution in [0.3, 0.4) is 0 Å². The number of hydrogen-bond acceptors (Lipinski definition) is 7. The number of nitrogens with one attached hydrogen (secondary N) is 3. The fourth-order valence-electron chi connectivity index (χ4n) is 3.83. The van der Waals surface area contributed by atoms with Crippen LogP contribution in [0.15, 0.2) is 35.6 Å². The van der Waals surface area contributed by atoms with Gasteiger partial charge in [0, 0.05) is 36.3 Å². The average molecular weight is 588 g/mol. The van der Waals surface area contributed by atoms with Crippen LogP contribution in [-0.4, -0.2) is 39.1 Å². The maximum Gasteiger partial charge on any atom is 0.330 e. The molecule has 2 heterocycles. The molecular weight excluding hydrogens is 554 g/mol. The number of allylic oxidation sites excluding steroid dienone is 2. The summed E-state index contributed by atoms with van der Waals surface area (Å²) in [5.74, 6) is -5.19. The number of benzene rings is 1. The van der Waals surface area contributed by atoms with E-state index in [2.05, 4.69) is 22.2 Å². The molecule has 2 aromatic rings. The molecule has 13 heteroatoms. The topological polar surface area (TPSA) is 88.2 Å². The lowest BCUT2D eigenvalue weighted by atomic mass is 10.0. The molecular formula is C26H33F4N5O2S2. The van der Waals surface area contributed by atoms with Gasteiger partial charge in [-0.1, -0.05) is 32.2 Å². The van der Waals surface area contributed by atoms with Crippen LogP contribution in [0, 0.1) is 24.5 Å². The van der Waals surface area contributed by atoms with Gasteiger partial charge < -0.3 is 15.4 Å². The standard InChI is InChI=1S/C26H33F4N5O2S2/c1-6-15(4)23(37-20-12-18(27)22(21(28)16(20)5)35-39(36)25(29)30)24(38-14(2)3)19-9-11-32-26(34-19)33-17-8-7-10-31-13-17/h9,11-12,15,17,25,31,35H,2,6-8,10,13H2,1,3-5H3,(H,32,33,34)/b24-23+. The highest BCUT2D eigenvalue weighted by Crippen LogP contribution is 2.40. The second-order valence-corrected chi connectivity index (χ2v) is 11.7. The maximum atomic E-state index is 15.1. The van der Waals surface area contributed by atoms with Gasteiger partial charge in [-0.25, -0.2) is 23.0 Å². The number of halogens is 4. The minimum Gasteiger partial charge on any atom is -0.460 e. The first-order valence-corrected chi connectivity index (χ1v) is 14.5. The van der Waals surface area contributed by atoms with Crippen molar-refractivity contribution in [2.75, 3.05) is 23.1 Å². The van der Waals surface area contributed by atoms with Crippen LogP contribution >= 0.6 is 11.8 Å². The third-order valence-electron chi connectivity index (χ3n) is 6.08. The average Bonchev–Trinajstić information content (AvgIpc) is 2.91. The Morgan fingerprint density at radius 3 is 2.74 bits per heavy atom. The molecule has 1 aromatic carbocycles. The lowest BCUT2D eigenvalue weighted by Crippen LogP contribution is -2.38. The molecule has 0 radical (unpaired) electrons. The molecule has 214 valence electrons. The largest absolute Gasteiger partial charge is 0.460 e. The summed E-state index contributed by atoms with van der Waals surface area (Å²) in [6.07, 6.45) is 4.29. The van der Waals surface area contributed by atoms with Gasteiger partial charge in [0.05, 0.1) is 10.6 Å². The van der Waals surface area contributed by atoms with Crippen molar-refractivity contribution in [3.8, 4) is 5.75 Å². The summed E-state index contributed by atoms with van der Waals surface area (Å²) in [5.41, 5.74) is -0.503. The van der Waals surface area contributed by atoms with Gasteiger partial charge in [-0.15, -0.1) is 0 Å². The van der Waals surface area contributed by atoms with E-state index in [0.717, 1.165) is 36.9 Å². The monoisotopic (exact) mass is 587 g/mol. The van der Waals surface area contributed by atoms with Crippen LogP contribution in [0.25, 0.3) is 4.91 Å². The first kappa shape index (κ1) is 30.9. The number of rotatable bonds is 12. The van der Waals surface area contributed by atoms with Crippen molar-refractivity contribution in [2.45, 2.75) is 58.8 Å². The van der Waals surface area contributed by atoms with Crippen LogP contribution in [0.5, 0.6) is 5.75 Å². The van der Waals surface area contributed by atoms with E-state index in [4.69, 9.17) is 9.72 Å². The molecule has 1 aliphatic heterocycles. The van der Waals surface area contributed by atoms with Gasteiger partial charge in [0.25, 0.3) is 0 Å². The second kappa shape index (κ2) is 14.1. The van der Waals surface area contributed by atoms with E-state index in [0.29, 0.717) is 28.7 Å². The van der Waals surface area contributed by atoms with Gasteiger partial charge in [-0.05, 0) is 50.6 Å². The molecule has 1 aromatic heterocycles. The molecule has 1 aliphatic rings. The van der Waals surface area contributed by atoms with Crippen LogP contribution in [-0.2, 0) is 11.0 Å². The van der Waals surface area contributed by atoms with Crippen molar-refractivity contribution >= 4 is 39.3 Å². The highest BCUT2D eigenvalue weighted by Gasteiger charge is 2.25. The Kier molecular flexibility index (Phi) is 11.2. The molecule has 3 rings (SSSR count). The Labute approximate surface area is 232 Å². The highest BCUT2D eigenvalue weighted by molar-refractivity contribution is 8.11. The van der Waals surface area contributed by atoms with E-state index in [1.807, 2.05) is 20.8 Å². The molecule has 0 bridgehead atoms. The predicted molar refractivity (Wildman–Crippen MR) is 150 cm³/mol. The molecule has 0 spiro atoms. The molecule has 1 fully saturated rings. The third-order valence-corrected chi connectivity index (χ3v) is 7.77. The molecule has 1 saturated heterocycles. The summed E-state index contributed by atoms with van der Waals surface area (Å²) in [7, 11) is -2.97. The first-order chi connectivity index (χ1) is 18.5. The molecule has 3 N–H and O–H groups in total. The molecule has 39 heavy (non-hydrogen) atoms. The molecule has 7 nitrogen and oxygen atoms in total. The smallest absolute Gasteiger partial charge is 0.330 e. The van der Waals surface area contributed by atoms with Gasteiger partial charge >= 0.3 is 5.76 Å². The summed E-state index contributed by atoms with van der Waals surface area (Å²) in [5, 5.41) is 6.69. The van der Waals surface area contributed by atoms with E-state index in [-0.39, 0.29) is 23.3 Å². The van der Waals surface area contributed by atoms with E-state index >= 15 is 4.39 Å². The van der Waals surface area contributed by atoms with Crippen LogP contribution < -0.4 is 20.1 Å². The van der Waals surface area contributed by atoms with Crippen LogP contribution in [0.1, 0.15) is 51.3 Å². The zero-order chi connectivity index (χ0) is 28.7. The highest BCUT2D eigenvalue weighted by atomic mass is 32.2. The SMILES string of the molecule is C=C(C)S/C(=C(/Oc1cc(F)c(NS(=O)C(F)F)c(F)c1C)C(C)CC)c1ccnc(NC2CCCNC2)n1. The summed E-state index contributed by atoms with van der Waals surface area (Å²) in [4.78, 5) is 10.4.